The van der Waals surface area contributed by atoms with E-state index in [1.807, 2.05) is 18.5 Å². The topological polar surface area (TPSA) is 38.7 Å². The lowest BCUT2D eigenvalue weighted by molar-refractivity contribution is 0.569. The van der Waals surface area contributed by atoms with E-state index >= 15 is 0 Å². The van der Waals surface area contributed by atoms with Crippen molar-refractivity contribution >= 4 is 0 Å². The minimum atomic E-state index is 0.0138. The molecule has 0 aliphatic heterocycles. The molecule has 0 spiro atoms. The second-order valence-corrected chi connectivity index (χ2v) is 13.6. The first kappa shape index (κ1) is 29.2. The standard InChI is InChI=1S/C41H39N3/c1-40(2,3)36-20-32(21-37(24-36)41(4,5)6)30-17-31(35-25-42-27-43-26-35)19-34(18-30)39-23-33(28-13-9-7-10-14-28)22-38(44-39)29-15-11-8-12-16-29/h7-27H,1-6H3. The van der Waals surface area contributed by atoms with Gasteiger partial charge in [0.15, 0.2) is 0 Å². The van der Waals surface area contributed by atoms with E-state index < -0.39 is 0 Å². The Hall–Kier alpha value is -4.89. The van der Waals surface area contributed by atoms with E-state index in [2.05, 4.69) is 155 Å². The summed E-state index contributed by atoms with van der Waals surface area (Å²) in [6.45, 7) is 13.7. The largest absolute Gasteiger partial charge is 0.248 e. The molecule has 0 radical (unpaired) electrons. The zero-order valence-electron chi connectivity index (χ0n) is 26.5. The van der Waals surface area contributed by atoms with E-state index in [1.165, 1.54) is 16.7 Å². The average molecular weight is 574 g/mol. The highest BCUT2D eigenvalue weighted by Crippen LogP contribution is 2.38. The van der Waals surface area contributed by atoms with Crippen LogP contribution in [0.2, 0.25) is 0 Å². The zero-order valence-corrected chi connectivity index (χ0v) is 26.5. The maximum absolute atomic E-state index is 5.25. The minimum absolute atomic E-state index is 0.0138. The van der Waals surface area contributed by atoms with Gasteiger partial charge in [-0.2, -0.15) is 0 Å². The van der Waals surface area contributed by atoms with Crippen molar-refractivity contribution in [1.29, 1.82) is 0 Å². The lowest BCUT2D eigenvalue weighted by Gasteiger charge is -2.26. The van der Waals surface area contributed by atoms with Crippen LogP contribution in [0.25, 0.3) is 55.9 Å². The minimum Gasteiger partial charge on any atom is -0.248 e. The fourth-order valence-corrected chi connectivity index (χ4v) is 5.45. The third-order valence-electron chi connectivity index (χ3n) is 8.12. The molecule has 0 saturated carbocycles. The Labute approximate surface area is 261 Å². The van der Waals surface area contributed by atoms with Gasteiger partial charge in [0.1, 0.15) is 6.33 Å². The highest BCUT2D eigenvalue weighted by atomic mass is 14.8. The van der Waals surface area contributed by atoms with Crippen LogP contribution in [0.4, 0.5) is 0 Å². The summed E-state index contributed by atoms with van der Waals surface area (Å²) < 4.78 is 0. The van der Waals surface area contributed by atoms with Crippen molar-refractivity contribution < 1.29 is 0 Å². The van der Waals surface area contributed by atoms with E-state index in [9.17, 15) is 0 Å². The van der Waals surface area contributed by atoms with E-state index in [-0.39, 0.29) is 10.8 Å². The molecule has 0 fully saturated rings. The van der Waals surface area contributed by atoms with Gasteiger partial charge in [0.05, 0.1) is 11.4 Å². The van der Waals surface area contributed by atoms with Gasteiger partial charge in [0.25, 0.3) is 0 Å². The summed E-state index contributed by atoms with van der Waals surface area (Å²) in [5.41, 5.74) is 13.4. The number of pyridine rings is 1. The van der Waals surface area contributed by atoms with E-state index in [0.29, 0.717) is 0 Å². The smallest absolute Gasteiger partial charge is 0.115 e. The highest BCUT2D eigenvalue weighted by molar-refractivity contribution is 5.83. The zero-order chi connectivity index (χ0) is 30.9. The summed E-state index contributed by atoms with van der Waals surface area (Å²) in [5.74, 6) is 0. The molecule has 44 heavy (non-hydrogen) atoms. The highest BCUT2D eigenvalue weighted by Gasteiger charge is 2.22. The first-order valence-corrected chi connectivity index (χ1v) is 15.2. The molecule has 3 heteroatoms. The van der Waals surface area contributed by atoms with Crippen molar-refractivity contribution in [3.8, 4) is 55.9 Å². The molecule has 0 N–H and O–H groups in total. The van der Waals surface area contributed by atoms with E-state index in [1.54, 1.807) is 6.33 Å². The Balaban J connectivity index is 1.61. The average Bonchev–Trinajstić information content (AvgIpc) is 3.04. The number of hydrogen-bond acceptors (Lipinski definition) is 3. The molecular formula is C41H39N3. The van der Waals surface area contributed by atoms with Gasteiger partial charge in [-0.1, -0.05) is 120 Å². The van der Waals surface area contributed by atoms with E-state index in [0.717, 1.165) is 50.3 Å². The van der Waals surface area contributed by atoms with Crippen LogP contribution in [0, 0.1) is 0 Å². The van der Waals surface area contributed by atoms with Crippen LogP contribution in [-0.2, 0) is 10.8 Å². The number of hydrogen-bond donors (Lipinski definition) is 0. The molecule has 2 aromatic heterocycles. The molecule has 3 nitrogen and oxygen atoms in total. The Kier molecular flexibility index (Phi) is 7.73. The van der Waals surface area contributed by atoms with Gasteiger partial charge in [0.2, 0.25) is 0 Å². The normalized spacial score (nSPS) is 11.9. The van der Waals surface area contributed by atoms with Gasteiger partial charge in [-0.25, -0.2) is 15.0 Å². The van der Waals surface area contributed by atoms with Crippen molar-refractivity contribution in [3.05, 3.63) is 139 Å². The summed E-state index contributed by atoms with van der Waals surface area (Å²) in [6.07, 6.45) is 5.34. The summed E-state index contributed by atoms with van der Waals surface area (Å²) in [4.78, 5) is 13.9. The first-order valence-electron chi connectivity index (χ1n) is 15.2. The lowest BCUT2D eigenvalue weighted by atomic mass is 9.78. The molecule has 0 amide bonds. The number of rotatable bonds is 5. The van der Waals surface area contributed by atoms with Gasteiger partial charge in [-0.3, -0.25) is 0 Å². The molecule has 0 unspecified atom stereocenters. The van der Waals surface area contributed by atoms with Gasteiger partial charge < -0.3 is 0 Å². The Bertz CT molecular complexity index is 1810. The summed E-state index contributed by atoms with van der Waals surface area (Å²) in [5, 5.41) is 0. The molecular weight excluding hydrogens is 534 g/mol. The summed E-state index contributed by atoms with van der Waals surface area (Å²) in [7, 11) is 0. The van der Waals surface area contributed by atoms with Gasteiger partial charge >= 0.3 is 0 Å². The first-order chi connectivity index (χ1) is 21.0. The maximum Gasteiger partial charge on any atom is 0.115 e. The van der Waals surface area contributed by atoms with Gasteiger partial charge in [-0.15, -0.1) is 0 Å². The molecule has 6 rings (SSSR count). The van der Waals surface area contributed by atoms with Crippen LogP contribution in [0.5, 0.6) is 0 Å². The molecule has 0 bridgehead atoms. The van der Waals surface area contributed by atoms with Gasteiger partial charge in [-0.05, 0) is 80.1 Å². The summed E-state index contributed by atoms with van der Waals surface area (Å²) in [6, 6.07) is 39.2. The van der Waals surface area contributed by atoms with Crippen LogP contribution in [0.3, 0.4) is 0 Å². The van der Waals surface area contributed by atoms with Crippen LogP contribution >= 0.6 is 0 Å². The fourth-order valence-electron chi connectivity index (χ4n) is 5.45. The van der Waals surface area contributed by atoms with Crippen molar-refractivity contribution in [3.63, 3.8) is 0 Å². The second-order valence-electron chi connectivity index (χ2n) is 13.6. The molecule has 4 aromatic carbocycles. The third kappa shape index (κ3) is 6.38. The molecule has 0 aliphatic carbocycles. The van der Waals surface area contributed by atoms with E-state index in [4.69, 9.17) is 4.98 Å². The van der Waals surface area contributed by atoms with Crippen molar-refractivity contribution in [1.82, 2.24) is 15.0 Å². The van der Waals surface area contributed by atoms with Crippen molar-refractivity contribution in [2.75, 3.05) is 0 Å². The van der Waals surface area contributed by atoms with Crippen LogP contribution in [-0.4, -0.2) is 15.0 Å². The Morgan fingerprint density at radius 1 is 0.386 bits per heavy atom. The fraction of sp³-hybridized carbons (Fsp3) is 0.195. The maximum atomic E-state index is 5.25. The molecule has 0 atom stereocenters. The predicted molar refractivity (Wildman–Crippen MR) is 184 cm³/mol. The number of aromatic nitrogens is 3. The van der Waals surface area contributed by atoms with Crippen LogP contribution < -0.4 is 0 Å². The number of nitrogens with zero attached hydrogens (tertiary/aromatic N) is 3. The molecule has 218 valence electrons. The molecule has 2 heterocycles. The summed E-state index contributed by atoms with van der Waals surface area (Å²) >= 11 is 0. The predicted octanol–water partition coefficient (Wildman–Crippen LogP) is 10.8. The molecule has 6 aromatic rings. The lowest BCUT2D eigenvalue weighted by Crippen LogP contribution is -2.16. The third-order valence-corrected chi connectivity index (χ3v) is 8.12. The van der Waals surface area contributed by atoms with Crippen molar-refractivity contribution in [2.24, 2.45) is 0 Å². The quantitative estimate of drug-likeness (QED) is 0.206. The second kappa shape index (κ2) is 11.7. The van der Waals surface area contributed by atoms with Gasteiger partial charge in [0, 0.05) is 29.1 Å². The number of benzene rings is 4. The monoisotopic (exact) mass is 573 g/mol. The molecule has 0 saturated heterocycles. The van der Waals surface area contributed by atoms with Crippen LogP contribution in [0.15, 0.2) is 128 Å². The van der Waals surface area contributed by atoms with Crippen molar-refractivity contribution in [2.45, 2.75) is 52.4 Å². The molecule has 0 aliphatic rings. The van der Waals surface area contributed by atoms with Crippen LogP contribution in [0.1, 0.15) is 52.7 Å². The Morgan fingerprint density at radius 3 is 1.36 bits per heavy atom. The SMILES string of the molecule is CC(C)(C)c1cc(-c2cc(-c3cncnc3)cc(-c3cc(-c4ccccc4)cc(-c4ccccc4)n3)c2)cc(C(C)(C)C)c1. The Morgan fingerprint density at radius 2 is 0.818 bits per heavy atom.